The largest absolute Gasteiger partial charge is 0.497 e. The van der Waals surface area contributed by atoms with Gasteiger partial charge < -0.3 is 10.1 Å². The van der Waals surface area contributed by atoms with Gasteiger partial charge in [0.05, 0.1) is 12.8 Å². The van der Waals surface area contributed by atoms with Crippen LogP contribution in [0.3, 0.4) is 0 Å². The van der Waals surface area contributed by atoms with Crippen LogP contribution in [0.2, 0.25) is 0 Å². The lowest BCUT2D eigenvalue weighted by Gasteiger charge is -2.19. The molecule has 1 N–H and O–H groups in total. The van der Waals surface area contributed by atoms with Crippen LogP contribution in [-0.2, 0) is 12.8 Å². The van der Waals surface area contributed by atoms with Crippen LogP contribution in [0.5, 0.6) is 5.75 Å². The Balaban J connectivity index is 1.97. The molecule has 2 aromatic carbocycles. The molecule has 3 aromatic rings. The van der Waals surface area contributed by atoms with E-state index in [1.807, 2.05) is 25.2 Å². The van der Waals surface area contributed by atoms with Gasteiger partial charge in [0.2, 0.25) is 0 Å². The molecule has 0 spiro atoms. The van der Waals surface area contributed by atoms with Gasteiger partial charge in [-0.3, -0.25) is 0 Å². The average Bonchev–Trinajstić information content (AvgIpc) is 2.73. The molecule has 0 bridgehead atoms. The van der Waals surface area contributed by atoms with Crippen LogP contribution in [0.4, 0.5) is 5.82 Å². The summed E-state index contributed by atoms with van der Waals surface area (Å²) in [6.45, 7) is 2.22. The average molecular weight is 361 g/mol. The molecule has 1 atom stereocenters. The Morgan fingerprint density at radius 1 is 0.963 bits per heavy atom. The highest BCUT2D eigenvalue weighted by molar-refractivity contribution is 5.40. The van der Waals surface area contributed by atoms with Crippen molar-refractivity contribution < 1.29 is 4.74 Å². The summed E-state index contributed by atoms with van der Waals surface area (Å²) in [5, 5.41) is 3.15. The fraction of sp³-hybridized carbons (Fsp3) is 0.292. The summed E-state index contributed by atoms with van der Waals surface area (Å²) >= 11 is 0. The molecule has 0 aliphatic heterocycles. The van der Waals surface area contributed by atoms with Crippen LogP contribution in [-0.4, -0.2) is 19.1 Å². The van der Waals surface area contributed by atoms with E-state index in [4.69, 9.17) is 9.72 Å². The van der Waals surface area contributed by atoms with Crippen molar-refractivity contribution in [2.24, 2.45) is 0 Å². The molecule has 0 saturated heterocycles. The number of rotatable bonds is 8. The van der Waals surface area contributed by atoms with Crippen LogP contribution >= 0.6 is 0 Å². The van der Waals surface area contributed by atoms with Crippen LogP contribution in [0.15, 0.2) is 66.7 Å². The zero-order valence-corrected chi connectivity index (χ0v) is 16.4. The van der Waals surface area contributed by atoms with Crippen LogP contribution in [0.1, 0.15) is 41.6 Å². The maximum atomic E-state index is 5.33. The van der Waals surface area contributed by atoms with E-state index >= 15 is 0 Å². The summed E-state index contributed by atoms with van der Waals surface area (Å²) in [4.78, 5) is 4.82. The van der Waals surface area contributed by atoms with Crippen molar-refractivity contribution in [1.29, 1.82) is 0 Å². The third kappa shape index (κ3) is 4.88. The number of aryl methyl sites for hydroxylation is 1. The first-order valence-electron chi connectivity index (χ1n) is 9.60. The molecule has 27 heavy (non-hydrogen) atoms. The molecule has 1 aromatic heterocycles. The molecule has 0 fully saturated rings. The predicted octanol–water partition coefficient (Wildman–Crippen LogP) is 5.46. The lowest BCUT2D eigenvalue weighted by atomic mass is 9.88. The molecule has 0 amide bonds. The van der Waals surface area contributed by atoms with Crippen molar-refractivity contribution in [3.05, 3.63) is 89.1 Å². The first-order valence-corrected chi connectivity index (χ1v) is 9.60. The van der Waals surface area contributed by atoms with Gasteiger partial charge in [-0.2, -0.15) is 0 Å². The maximum Gasteiger partial charge on any atom is 0.125 e. The zero-order chi connectivity index (χ0) is 19.1. The van der Waals surface area contributed by atoms with Crippen molar-refractivity contribution in [3.63, 3.8) is 0 Å². The van der Waals surface area contributed by atoms with Gasteiger partial charge in [0.15, 0.2) is 0 Å². The van der Waals surface area contributed by atoms with Gasteiger partial charge >= 0.3 is 0 Å². The third-order valence-electron chi connectivity index (χ3n) is 4.87. The van der Waals surface area contributed by atoms with E-state index in [1.54, 1.807) is 7.11 Å². The van der Waals surface area contributed by atoms with Crippen molar-refractivity contribution in [1.82, 2.24) is 4.98 Å². The summed E-state index contributed by atoms with van der Waals surface area (Å²) in [6, 6.07) is 23.5. The van der Waals surface area contributed by atoms with E-state index in [0.717, 1.165) is 36.5 Å². The highest BCUT2D eigenvalue weighted by atomic mass is 16.5. The molecule has 1 unspecified atom stereocenters. The number of aromatic nitrogens is 1. The van der Waals surface area contributed by atoms with E-state index in [-0.39, 0.29) is 5.92 Å². The minimum atomic E-state index is 0.195. The molecule has 0 radical (unpaired) electrons. The predicted molar refractivity (Wildman–Crippen MR) is 113 cm³/mol. The summed E-state index contributed by atoms with van der Waals surface area (Å²) in [7, 11) is 3.60. The van der Waals surface area contributed by atoms with Crippen molar-refractivity contribution >= 4 is 5.82 Å². The standard InChI is InChI=1S/C24H28N2O/c1-4-7-18-8-5-9-19(16-18)17-22(20-12-14-21(27-3)15-13-20)23-10-6-11-24(25-2)26-23/h5-6,8-16,22H,4,7,17H2,1-3H3,(H,25,26). The Labute approximate surface area is 162 Å². The van der Waals surface area contributed by atoms with Crippen LogP contribution in [0.25, 0.3) is 0 Å². The molecule has 0 aliphatic rings. The Hall–Kier alpha value is -2.81. The molecular weight excluding hydrogens is 332 g/mol. The van der Waals surface area contributed by atoms with Gasteiger partial charge in [-0.05, 0) is 53.8 Å². The van der Waals surface area contributed by atoms with Gasteiger partial charge in [0.25, 0.3) is 0 Å². The Morgan fingerprint density at radius 2 is 1.70 bits per heavy atom. The SMILES string of the molecule is CCCc1cccc(CC(c2ccc(OC)cc2)c2cccc(NC)n2)c1. The Morgan fingerprint density at radius 3 is 2.41 bits per heavy atom. The second-order valence-electron chi connectivity index (χ2n) is 6.80. The smallest absolute Gasteiger partial charge is 0.125 e. The van der Waals surface area contributed by atoms with E-state index in [1.165, 1.54) is 16.7 Å². The van der Waals surface area contributed by atoms with Gasteiger partial charge in [-0.15, -0.1) is 0 Å². The number of hydrogen-bond donors (Lipinski definition) is 1. The normalized spacial score (nSPS) is 11.8. The highest BCUT2D eigenvalue weighted by Gasteiger charge is 2.17. The number of hydrogen-bond acceptors (Lipinski definition) is 3. The summed E-state index contributed by atoms with van der Waals surface area (Å²) < 4.78 is 5.33. The first kappa shape index (κ1) is 19.0. The Bertz CT molecular complexity index is 858. The van der Waals surface area contributed by atoms with Crippen LogP contribution < -0.4 is 10.1 Å². The van der Waals surface area contributed by atoms with Crippen molar-refractivity contribution in [2.75, 3.05) is 19.5 Å². The van der Waals surface area contributed by atoms with E-state index in [2.05, 4.69) is 60.8 Å². The lowest BCUT2D eigenvalue weighted by Crippen LogP contribution is -2.09. The monoisotopic (exact) mass is 360 g/mol. The van der Waals surface area contributed by atoms with Crippen molar-refractivity contribution in [3.8, 4) is 5.75 Å². The molecule has 3 nitrogen and oxygen atoms in total. The second-order valence-corrected chi connectivity index (χ2v) is 6.80. The molecule has 3 rings (SSSR count). The van der Waals surface area contributed by atoms with Crippen LogP contribution in [0, 0.1) is 0 Å². The summed E-state index contributed by atoms with van der Waals surface area (Å²) in [5.41, 5.74) is 5.07. The number of methoxy groups -OCH3 is 1. The van der Waals surface area contributed by atoms with E-state index in [9.17, 15) is 0 Å². The van der Waals surface area contributed by atoms with Gasteiger partial charge in [0.1, 0.15) is 11.6 Å². The molecule has 1 heterocycles. The van der Waals surface area contributed by atoms with Crippen molar-refractivity contribution in [2.45, 2.75) is 32.1 Å². The molecule has 140 valence electrons. The van der Waals surface area contributed by atoms with E-state index in [0.29, 0.717) is 0 Å². The molecular formula is C24H28N2O. The quantitative estimate of drug-likeness (QED) is 0.579. The lowest BCUT2D eigenvalue weighted by molar-refractivity contribution is 0.414. The molecule has 3 heteroatoms. The topological polar surface area (TPSA) is 34.1 Å². The number of pyridine rings is 1. The summed E-state index contributed by atoms with van der Waals surface area (Å²) in [6.07, 6.45) is 3.20. The highest BCUT2D eigenvalue weighted by Crippen LogP contribution is 2.30. The first-order chi connectivity index (χ1) is 13.2. The minimum Gasteiger partial charge on any atom is -0.497 e. The van der Waals surface area contributed by atoms with Gasteiger partial charge in [-0.25, -0.2) is 4.98 Å². The number of nitrogens with zero attached hydrogens (tertiary/aromatic N) is 1. The molecule has 0 aliphatic carbocycles. The number of ether oxygens (including phenoxy) is 1. The fourth-order valence-electron chi connectivity index (χ4n) is 3.45. The number of nitrogens with one attached hydrogen (secondary N) is 1. The summed E-state index contributed by atoms with van der Waals surface area (Å²) in [5.74, 6) is 1.96. The van der Waals surface area contributed by atoms with Gasteiger partial charge in [-0.1, -0.05) is 55.8 Å². The minimum absolute atomic E-state index is 0.195. The fourth-order valence-corrected chi connectivity index (χ4v) is 3.45. The third-order valence-corrected chi connectivity index (χ3v) is 4.87. The number of benzene rings is 2. The number of anilines is 1. The molecule has 0 saturated carbocycles. The zero-order valence-electron chi connectivity index (χ0n) is 16.4. The Kier molecular flexibility index (Phi) is 6.48. The van der Waals surface area contributed by atoms with E-state index < -0.39 is 0 Å². The second kappa shape index (κ2) is 9.22. The maximum absolute atomic E-state index is 5.33. The van der Waals surface area contributed by atoms with Gasteiger partial charge in [0, 0.05) is 13.0 Å².